The Balaban J connectivity index is 2.19. The van der Waals surface area contributed by atoms with Gasteiger partial charge in [-0.2, -0.15) is 18.3 Å². The molecule has 1 N–H and O–H groups in total. The fraction of sp³-hybridized carbons (Fsp3) is 0.381. The van der Waals surface area contributed by atoms with E-state index in [1.54, 1.807) is 32.0 Å². The quantitative estimate of drug-likeness (QED) is 0.572. The fourth-order valence-electron chi connectivity index (χ4n) is 3.67. The number of hydrogen-bond acceptors (Lipinski definition) is 3. The van der Waals surface area contributed by atoms with E-state index >= 15 is 0 Å². The van der Waals surface area contributed by atoms with E-state index in [2.05, 4.69) is 5.10 Å². The molecule has 2 unspecified atom stereocenters. The van der Waals surface area contributed by atoms with E-state index in [9.17, 15) is 22.7 Å². The Bertz CT molecular complexity index is 1020. The molecule has 0 fully saturated rings. The molecule has 0 aliphatic rings. The number of aromatic nitrogens is 2. The van der Waals surface area contributed by atoms with Gasteiger partial charge < -0.3 is 9.84 Å². The van der Waals surface area contributed by atoms with Crippen molar-refractivity contribution in [1.29, 1.82) is 0 Å². The highest BCUT2D eigenvalue weighted by molar-refractivity contribution is 5.78. The highest BCUT2D eigenvalue weighted by atomic mass is 19.4. The summed E-state index contributed by atoms with van der Waals surface area (Å²) in [5.74, 6) is -0.342. The van der Waals surface area contributed by atoms with E-state index in [1.807, 2.05) is 0 Å². The summed E-state index contributed by atoms with van der Waals surface area (Å²) in [6, 6.07) is 10.0. The molecule has 1 heterocycles. The molecule has 0 saturated carbocycles. The van der Waals surface area contributed by atoms with Crippen LogP contribution in [0.5, 0.6) is 5.75 Å². The SMILES string of the molecule is CCC(C)(CC(O)(n1ncc2ccccc21)C(F)(F)F)c1cc(F)ccc1OC. The molecule has 29 heavy (non-hydrogen) atoms. The van der Waals surface area contributed by atoms with Gasteiger partial charge in [0.25, 0.3) is 5.72 Å². The second-order valence-corrected chi connectivity index (χ2v) is 7.37. The maximum absolute atomic E-state index is 14.2. The number of aliphatic hydroxyl groups is 1. The minimum Gasteiger partial charge on any atom is -0.496 e. The van der Waals surface area contributed by atoms with Crippen molar-refractivity contribution < 1.29 is 27.4 Å². The van der Waals surface area contributed by atoms with E-state index < -0.39 is 29.6 Å². The lowest BCUT2D eigenvalue weighted by Gasteiger charge is -2.40. The molecule has 2 aromatic carbocycles. The van der Waals surface area contributed by atoms with E-state index in [1.165, 1.54) is 31.5 Å². The molecule has 3 rings (SSSR count). The molecule has 0 aliphatic heterocycles. The Morgan fingerprint density at radius 3 is 2.45 bits per heavy atom. The standard InChI is InChI=1S/C21H22F4N2O2/c1-4-19(2,16-11-15(22)9-10-18(16)29-3)13-20(28,21(23,24)25)27-17-8-6-5-7-14(17)12-26-27/h5-12,28H,4,13H2,1-3H3. The first-order valence-electron chi connectivity index (χ1n) is 9.12. The molecule has 3 aromatic rings. The lowest BCUT2D eigenvalue weighted by Crippen LogP contribution is -2.52. The topological polar surface area (TPSA) is 47.3 Å². The Morgan fingerprint density at radius 1 is 1.14 bits per heavy atom. The number of para-hydroxylation sites is 1. The van der Waals surface area contributed by atoms with E-state index in [0.717, 1.165) is 6.07 Å². The van der Waals surface area contributed by atoms with Gasteiger partial charge in [-0.15, -0.1) is 0 Å². The molecular weight excluding hydrogens is 388 g/mol. The van der Waals surface area contributed by atoms with Crippen molar-refractivity contribution in [3.63, 3.8) is 0 Å². The summed E-state index contributed by atoms with van der Waals surface area (Å²) in [4.78, 5) is 0. The van der Waals surface area contributed by atoms with Crippen LogP contribution in [0.15, 0.2) is 48.7 Å². The van der Waals surface area contributed by atoms with Crippen molar-refractivity contribution in [1.82, 2.24) is 9.78 Å². The summed E-state index contributed by atoms with van der Waals surface area (Å²) in [6.45, 7) is 3.23. The van der Waals surface area contributed by atoms with Gasteiger partial charge in [0.15, 0.2) is 0 Å². The van der Waals surface area contributed by atoms with Crippen LogP contribution in [-0.4, -0.2) is 28.2 Å². The lowest BCUT2D eigenvalue weighted by molar-refractivity contribution is -0.309. The zero-order chi connectivity index (χ0) is 21.4. The molecule has 156 valence electrons. The number of nitrogens with zero attached hydrogens (tertiary/aromatic N) is 2. The van der Waals surface area contributed by atoms with Crippen LogP contribution in [0.2, 0.25) is 0 Å². The van der Waals surface area contributed by atoms with Crippen molar-refractivity contribution in [2.75, 3.05) is 7.11 Å². The first kappa shape index (κ1) is 21.1. The first-order chi connectivity index (χ1) is 13.6. The van der Waals surface area contributed by atoms with Crippen molar-refractivity contribution in [3.05, 3.63) is 60.0 Å². The van der Waals surface area contributed by atoms with Gasteiger partial charge >= 0.3 is 6.18 Å². The van der Waals surface area contributed by atoms with E-state index in [-0.39, 0.29) is 23.3 Å². The molecular formula is C21H22F4N2O2. The summed E-state index contributed by atoms with van der Waals surface area (Å²) >= 11 is 0. The number of halogens is 4. The predicted octanol–water partition coefficient (Wildman–Crippen LogP) is 5.15. The zero-order valence-electron chi connectivity index (χ0n) is 16.3. The van der Waals surface area contributed by atoms with Gasteiger partial charge in [0.2, 0.25) is 0 Å². The smallest absolute Gasteiger partial charge is 0.438 e. The number of ether oxygens (including phenoxy) is 1. The van der Waals surface area contributed by atoms with Gasteiger partial charge in [-0.3, -0.25) is 0 Å². The van der Waals surface area contributed by atoms with Crippen LogP contribution in [0.4, 0.5) is 17.6 Å². The number of hydrogen-bond donors (Lipinski definition) is 1. The summed E-state index contributed by atoms with van der Waals surface area (Å²) < 4.78 is 62.5. The molecule has 0 radical (unpaired) electrons. The highest BCUT2D eigenvalue weighted by Gasteiger charge is 2.59. The van der Waals surface area contributed by atoms with Crippen LogP contribution >= 0.6 is 0 Å². The summed E-state index contributed by atoms with van der Waals surface area (Å²) in [5.41, 5.74) is -4.17. The van der Waals surface area contributed by atoms with Crippen LogP contribution in [0, 0.1) is 5.82 Å². The van der Waals surface area contributed by atoms with Crippen LogP contribution in [-0.2, 0) is 11.1 Å². The molecule has 2 atom stereocenters. The zero-order valence-corrected chi connectivity index (χ0v) is 16.3. The Labute approximate surface area is 165 Å². The average Bonchev–Trinajstić information content (AvgIpc) is 3.11. The molecule has 1 aromatic heterocycles. The van der Waals surface area contributed by atoms with Crippen LogP contribution in [0.25, 0.3) is 10.9 Å². The van der Waals surface area contributed by atoms with Gasteiger partial charge in [0.1, 0.15) is 11.6 Å². The number of rotatable bonds is 6. The first-order valence-corrected chi connectivity index (χ1v) is 9.12. The summed E-state index contributed by atoms with van der Waals surface area (Å²) in [5, 5.41) is 15.3. The molecule has 4 nitrogen and oxygen atoms in total. The van der Waals surface area contributed by atoms with Crippen molar-refractivity contribution in [2.24, 2.45) is 0 Å². The second kappa shape index (κ2) is 7.33. The monoisotopic (exact) mass is 410 g/mol. The minimum absolute atomic E-state index is 0.150. The van der Waals surface area contributed by atoms with Crippen molar-refractivity contribution in [3.8, 4) is 5.75 Å². The van der Waals surface area contributed by atoms with E-state index in [4.69, 9.17) is 4.74 Å². The van der Waals surface area contributed by atoms with Gasteiger partial charge in [-0.25, -0.2) is 9.07 Å². The van der Waals surface area contributed by atoms with Crippen LogP contribution in [0.3, 0.4) is 0 Å². The lowest BCUT2D eigenvalue weighted by atomic mass is 9.73. The molecule has 0 amide bonds. The summed E-state index contributed by atoms with van der Waals surface area (Å²) in [6.07, 6.45) is -4.33. The number of fused-ring (bicyclic) bond motifs is 1. The second-order valence-electron chi connectivity index (χ2n) is 7.37. The summed E-state index contributed by atoms with van der Waals surface area (Å²) in [7, 11) is 1.36. The largest absolute Gasteiger partial charge is 0.496 e. The van der Waals surface area contributed by atoms with Gasteiger partial charge in [0, 0.05) is 22.8 Å². The molecule has 0 aliphatic carbocycles. The van der Waals surface area contributed by atoms with Crippen molar-refractivity contribution >= 4 is 10.9 Å². The average molecular weight is 410 g/mol. The molecule has 0 spiro atoms. The Kier molecular flexibility index (Phi) is 5.34. The maximum atomic E-state index is 14.2. The third-order valence-electron chi connectivity index (χ3n) is 5.51. The molecule has 0 saturated heterocycles. The number of methoxy groups -OCH3 is 1. The molecule has 8 heteroatoms. The number of alkyl halides is 3. The van der Waals surface area contributed by atoms with Gasteiger partial charge in [-0.1, -0.05) is 32.0 Å². The fourth-order valence-corrected chi connectivity index (χ4v) is 3.67. The number of benzene rings is 2. The van der Waals surface area contributed by atoms with Crippen LogP contribution < -0.4 is 4.74 Å². The highest BCUT2D eigenvalue weighted by Crippen LogP contribution is 2.48. The van der Waals surface area contributed by atoms with Gasteiger partial charge in [-0.05, 0) is 30.7 Å². The Hall–Kier alpha value is -2.61. The molecule has 0 bridgehead atoms. The van der Waals surface area contributed by atoms with Gasteiger partial charge in [0.05, 0.1) is 18.8 Å². The van der Waals surface area contributed by atoms with E-state index in [0.29, 0.717) is 10.1 Å². The third kappa shape index (κ3) is 3.57. The van der Waals surface area contributed by atoms with Crippen molar-refractivity contribution in [2.45, 2.75) is 44.0 Å². The maximum Gasteiger partial charge on any atom is 0.438 e. The Morgan fingerprint density at radius 2 is 1.83 bits per heavy atom. The normalized spacial score (nSPS) is 16.4. The van der Waals surface area contributed by atoms with Crippen LogP contribution in [0.1, 0.15) is 32.3 Å². The predicted molar refractivity (Wildman–Crippen MR) is 101 cm³/mol. The minimum atomic E-state index is -5.03. The third-order valence-corrected chi connectivity index (χ3v) is 5.51.